The molecule has 0 unspecified atom stereocenters. The van der Waals surface area contributed by atoms with Gasteiger partial charge in [0.2, 0.25) is 0 Å². The van der Waals surface area contributed by atoms with Crippen molar-refractivity contribution in [1.29, 1.82) is 0 Å². The molecule has 0 atom stereocenters. The van der Waals surface area contributed by atoms with Crippen molar-refractivity contribution in [2.75, 3.05) is 0 Å². The van der Waals surface area contributed by atoms with Gasteiger partial charge in [0.15, 0.2) is 0 Å². The molecule has 3 rings (SSSR count). The molecule has 0 aliphatic rings. The normalized spacial score (nSPS) is 11.5. The quantitative estimate of drug-likeness (QED) is 0.739. The van der Waals surface area contributed by atoms with E-state index in [1.54, 1.807) is 18.2 Å². The van der Waals surface area contributed by atoms with Gasteiger partial charge >= 0.3 is 0 Å². The summed E-state index contributed by atoms with van der Waals surface area (Å²) in [4.78, 5) is 4.47. The number of aromatic hydroxyl groups is 1. The number of fused-ring (bicyclic) bond motifs is 1. The van der Waals surface area contributed by atoms with E-state index in [0.717, 1.165) is 5.52 Å². The first-order valence-electron chi connectivity index (χ1n) is 6.63. The zero-order valence-electron chi connectivity index (χ0n) is 11.6. The van der Waals surface area contributed by atoms with E-state index in [2.05, 4.69) is 4.98 Å². The second-order valence-corrected chi connectivity index (χ2v) is 5.63. The van der Waals surface area contributed by atoms with Crippen molar-refractivity contribution in [3.05, 3.63) is 47.2 Å². The minimum atomic E-state index is -0.335. The molecule has 5 heteroatoms. The summed E-state index contributed by atoms with van der Waals surface area (Å²) in [6.07, 6.45) is 0. The van der Waals surface area contributed by atoms with Gasteiger partial charge < -0.3 is 9.67 Å². The maximum atomic E-state index is 13.4. The Kier molecular flexibility index (Phi) is 3.33. The monoisotopic (exact) mass is 304 g/mol. The van der Waals surface area contributed by atoms with Crippen LogP contribution < -0.4 is 0 Å². The lowest BCUT2D eigenvalue weighted by Gasteiger charge is -2.14. The Morgan fingerprint density at radius 1 is 1.19 bits per heavy atom. The van der Waals surface area contributed by atoms with Gasteiger partial charge in [0, 0.05) is 17.1 Å². The third kappa shape index (κ3) is 2.36. The Morgan fingerprint density at radius 3 is 2.67 bits per heavy atom. The molecule has 0 spiro atoms. The highest BCUT2D eigenvalue weighted by Gasteiger charge is 2.18. The number of halogens is 2. The van der Waals surface area contributed by atoms with Crippen molar-refractivity contribution in [1.82, 2.24) is 9.55 Å². The number of aromatic nitrogens is 2. The van der Waals surface area contributed by atoms with Gasteiger partial charge in [-0.25, -0.2) is 9.37 Å². The van der Waals surface area contributed by atoms with Gasteiger partial charge in [-0.15, -0.1) is 0 Å². The highest BCUT2D eigenvalue weighted by Crippen LogP contribution is 2.35. The van der Waals surface area contributed by atoms with Crippen LogP contribution in [0, 0.1) is 5.82 Å². The van der Waals surface area contributed by atoms with E-state index in [-0.39, 0.29) is 17.6 Å². The number of benzene rings is 2. The molecule has 21 heavy (non-hydrogen) atoms. The highest BCUT2D eigenvalue weighted by molar-refractivity contribution is 6.30. The molecule has 0 radical (unpaired) electrons. The van der Waals surface area contributed by atoms with Gasteiger partial charge in [-0.05, 0) is 44.2 Å². The third-order valence-electron chi connectivity index (χ3n) is 3.37. The lowest BCUT2D eigenvalue weighted by Crippen LogP contribution is -2.03. The second-order valence-electron chi connectivity index (χ2n) is 5.19. The van der Waals surface area contributed by atoms with Crippen LogP contribution in [-0.2, 0) is 0 Å². The van der Waals surface area contributed by atoms with Crippen molar-refractivity contribution < 1.29 is 9.50 Å². The first kappa shape index (κ1) is 13.9. The molecule has 0 saturated carbocycles. The smallest absolute Gasteiger partial charge is 0.145 e. The van der Waals surface area contributed by atoms with Crippen molar-refractivity contribution in [2.24, 2.45) is 0 Å². The van der Waals surface area contributed by atoms with Crippen LogP contribution in [0.25, 0.3) is 22.4 Å². The van der Waals surface area contributed by atoms with Crippen LogP contribution in [-0.4, -0.2) is 14.7 Å². The van der Waals surface area contributed by atoms with E-state index < -0.39 is 0 Å². The summed E-state index contributed by atoms with van der Waals surface area (Å²) in [6, 6.07) is 9.40. The van der Waals surface area contributed by atoms with Crippen molar-refractivity contribution >= 4 is 22.6 Å². The molecular weight excluding hydrogens is 291 g/mol. The van der Waals surface area contributed by atoms with E-state index in [1.807, 2.05) is 18.4 Å². The van der Waals surface area contributed by atoms with Crippen molar-refractivity contribution in [2.45, 2.75) is 19.9 Å². The van der Waals surface area contributed by atoms with Gasteiger partial charge in [-0.2, -0.15) is 0 Å². The maximum Gasteiger partial charge on any atom is 0.145 e. The van der Waals surface area contributed by atoms with Crippen molar-refractivity contribution in [3.63, 3.8) is 0 Å². The average Bonchev–Trinajstić information content (AvgIpc) is 2.79. The Morgan fingerprint density at radius 2 is 1.95 bits per heavy atom. The second kappa shape index (κ2) is 5.04. The topological polar surface area (TPSA) is 38.0 Å². The first-order valence-corrected chi connectivity index (χ1v) is 7.01. The zero-order chi connectivity index (χ0) is 15.1. The van der Waals surface area contributed by atoms with Gasteiger partial charge in [-0.3, -0.25) is 0 Å². The fourth-order valence-corrected chi connectivity index (χ4v) is 2.64. The van der Waals surface area contributed by atoms with E-state index in [9.17, 15) is 9.50 Å². The number of hydrogen-bond acceptors (Lipinski definition) is 2. The van der Waals surface area contributed by atoms with Crippen LogP contribution in [0.4, 0.5) is 4.39 Å². The lowest BCUT2D eigenvalue weighted by atomic mass is 10.2. The molecule has 3 aromatic rings. The fraction of sp³-hybridized carbons (Fsp3) is 0.188. The van der Waals surface area contributed by atoms with Gasteiger partial charge in [-0.1, -0.05) is 11.6 Å². The summed E-state index contributed by atoms with van der Waals surface area (Å²) in [5, 5.41) is 10.6. The van der Waals surface area contributed by atoms with Gasteiger partial charge in [0.25, 0.3) is 0 Å². The Labute approximate surface area is 126 Å². The number of phenolic OH excluding ortho intramolecular Hbond substituents is 1. The molecule has 1 heterocycles. The third-order valence-corrected chi connectivity index (χ3v) is 3.60. The molecule has 1 N–H and O–H groups in total. The Balaban J connectivity index is 2.36. The fourth-order valence-electron chi connectivity index (χ4n) is 2.47. The Bertz CT molecular complexity index is 827. The molecular formula is C16H14ClFN2O. The largest absolute Gasteiger partial charge is 0.507 e. The summed E-state index contributed by atoms with van der Waals surface area (Å²) < 4.78 is 15.4. The predicted octanol–water partition coefficient (Wildman–Crippen LogP) is 4.78. The first-order chi connectivity index (χ1) is 9.97. The maximum absolute atomic E-state index is 13.4. The summed E-state index contributed by atoms with van der Waals surface area (Å²) in [5.74, 6) is 0.334. The number of imidazole rings is 1. The summed E-state index contributed by atoms with van der Waals surface area (Å²) in [6.45, 7) is 4.02. The highest BCUT2D eigenvalue weighted by atomic mass is 35.5. The zero-order valence-corrected chi connectivity index (χ0v) is 12.4. The molecule has 0 amide bonds. The molecule has 0 aliphatic heterocycles. The van der Waals surface area contributed by atoms with Crippen LogP contribution >= 0.6 is 11.6 Å². The molecule has 0 saturated heterocycles. The molecule has 3 nitrogen and oxygen atoms in total. The predicted molar refractivity (Wildman–Crippen MR) is 82.2 cm³/mol. The average molecular weight is 305 g/mol. The number of rotatable bonds is 2. The number of phenols is 1. The van der Waals surface area contributed by atoms with Gasteiger partial charge in [0.05, 0.1) is 16.6 Å². The molecule has 0 bridgehead atoms. The van der Waals surface area contributed by atoms with Crippen LogP contribution in [0.15, 0.2) is 36.4 Å². The minimum absolute atomic E-state index is 0.0945. The Hall–Kier alpha value is -2.07. The molecule has 108 valence electrons. The molecule has 0 fully saturated rings. The van der Waals surface area contributed by atoms with Crippen LogP contribution in [0.5, 0.6) is 5.75 Å². The lowest BCUT2D eigenvalue weighted by molar-refractivity contribution is 0.476. The summed E-state index contributed by atoms with van der Waals surface area (Å²) >= 11 is 6.01. The molecule has 1 aromatic heterocycles. The van der Waals surface area contributed by atoms with E-state index >= 15 is 0 Å². The standard InChI is InChI=1S/C16H14ClFN2O/c1-9(2)20-14-5-4-11(18)8-13(14)19-16(20)12-7-10(17)3-6-15(12)21/h3-9,21H,1-2H3. The van der Waals surface area contributed by atoms with Crippen LogP contribution in [0.3, 0.4) is 0 Å². The van der Waals surface area contributed by atoms with Crippen molar-refractivity contribution in [3.8, 4) is 17.1 Å². The minimum Gasteiger partial charge on any atom is -0.507 e. The SMILES string of the molecule is CC(C)n1c(-c2cc(Cl)ccc2O)nc2cc(F)ccc21. The van der Waals surface area contributed by atoms with Gasteiger partial charge in [0.1, 0.15) is 17.4 Å². The number of hydrogen-bond donors (Lipinski definition) is 1. The summed E-state index contributed by atoms with van der Waals surface area (Å²) in [7, 11) is 0. The molecule has 0 aliphatic carbocycles. The van der Waals surface area contributed by atoms with Crippen LogP contribution in [0.2, 0.25) is 5.02 Å². The number of nitrogens with zero attached hydrogens (tertiary/aromatic N) is 2. The van der Waals surface area contributed by atoms with Crippen LogP contribution in [0.1, 0.15) is 19.9 Å². The van der Waals surface area contributed by atoms with E-state index in [0.29, 0.717) is 21.9 Å². The van der Waals surface area contributed by atoms with E-state index in [4.69, 9.17) is 11.6 Å². The summed E-state index contributed by atoms with van der Waals surface area (Å²) in [5.41, 5.74) is 1.91. The van der Waals surface area contributed by atoms with E-state index in [1.165, 1.54) is 18.2 Å². The molecule has 2 aromatic carbocycles.